The van der Waals surface area contributed by atoms with Crippen LogP contribution in [-0.4, -0.2) is 4.98 Å². The Morgan fingerprint density at radius 1 is 1.15 bits per heavy atom. The minimum atomic E-state index is 0.230. The molecular weight excluding hydrogens is 242 g/mol. The first kappa shape index (κ1) is 13.7. The standard InChI is InChI=1S/C19H27N/c1-19(2,3)16-10-11-18-17(12-16)15(13-20-18)9-8-14-6-4-5-7-14/h10-14,20H,4-9H2,1-3H3. The lowest BCUT2D eigenvalue weighted by molar-refractivity contribution is 0.504. The maximum absolute atomic E-state index is 3.44. The van der Waals surface area contributed by atoms with Crippen LogP contribution in [0.2, 0.25) is 0 Å². The second kappa shape index (κ2) is 5.27. The van der Waals surface area contributed by atoms with E-state index in [0.29, 0.717) is 0 Å². The molecule has 1 aromatic carbocycles. The van der Waals surface area contributed by atoms with Crippen molar-refractivity contribution in [3.05, 3.63) is 35.5 Å². The summed E-state index contributed by atoms with van der Waals surface area (Å²) in [6.45, 7) is 6.87. The van der Waals surface area contributed by atoms with E-state index in [1.165, 1.54) is 60.6 Å². The van der Waals surface area contributed by atoms with Crippen LogP contribution >= 0.6 is 0 Å². The van der Waals surface area contributed by atoms with Gasteiger partial charge in [-0.25, -0.2) is 0 Å². The molecule has 0 bridgehead atoms. The van der Waals surface area contributed by atoms with Crippen molar-refractivity contribution in [2.75, 3.05) is 0 Å². The summed E-state index contributed by atoms with van der Waals surface area (Å²) < 4.78 is 0. The van der Waals surface area contributed by atoms with Crippen LogP contribution in [0.1, 0.15) is 64.0 Å². The highest BCUT2D eigenvalue weighted by Crippen LogP contribution is 2.31. The number of rotatable bonds is 3. The molecule has 1 fully saturated rings. The molecule has 0 amide bonds. The van der Waals surface area contributed by atoms with Crippen molar-refractivity contribution in [3.8, 4) is 0 Å². The normalized spacial score (nSPS) is 17.1. The lowest BCUT2D eigenvalue weighted by atomic mass is 9.86. The fraction of sp³-hybridized carbons (Fsp3) is 0.579. The third kappa shape index (κ3) is 2.77. The van der Waals surface area contributed by atoms with Gasteiger partial charge < -0.3 is 4.98 Å². The molecule has 108 valence electrons. The van der Waals surface area contributed by atoms with Crippen molar-refractivity contribution in [2.24, 2.45) is 5.92 Å². The first-order valence-electron chi connectivity index (χ1n) is 8.14. The number of hydrogen-bond donors (Lipinski definition) is 1. The van der Waals surface area contributed by atoms with Crippen LogP contribution in [0.5, 0.6) is 0 Å². The van der Waals surface area contributed by atoms with Gasteiger partial charge in [-0.2, -0.15) is 0 Å². The van der Waals surface area contributed by atoms with Crippen LogP contribution in [0.4, 0.5) is 0 Å². The summed E-state index contributed by atoms with van der Waals surface area (Å²) in [5.74, 6) is 0.978. The lowest BCUT2D eigenvalue weighted by Gasteiger charge is -2.19. The lowest BCUT2D eigenvalue weighted by Crippen LogP contribution is -2.10. The van der Waals surface area contributed by atoms with Gasteiger partial charge in [-0.15, -0.1) is 0 Å². The molecule has 0 radical (unpaired) electrons. The van der Waals surface area contributed by atoms with Gasteiger partial charge in [0, 0.05) is 17.1 Å². The third-order valence-electron chi connectivity index (χ3n) is 4.93. The van der Waals surface area contributed by atoms with Crippen molar-refractivity contribution >= 4 is 10.9 Å². The van der Waals surface area contributed by atoms with Gasteiger partial charge in [0.05, 0.1) is 0 Å². The first-order valence-corrected chi connectivity index (χ1v) is 8.14. The Kier molecular flexibility index (Phi) is 3.62. The van der Waals surface area contributed by atoms with Gasteiger partial charge in [0.25, 0.3) is 0 Å². The number of aryl methyl sites for hydroxylation is 1. The zero-order valence-corrected chi connectivity index (χ0v) is 13.1. The molecule has 1 nitrogen and oxygen atoms in total. The molecule has 0 unspecified atom stereocenters. The highest BCUT2D eigenvalue weighted by molar-refractivity contribution is 5.84. The Bertz CT molecular complexity index is 579. The molecule has 1 aromatic heterocycles. The monoisotopic (exact) mass is 269 g/mol. The van der Waals surface area contributed by atoms with Crippen molar-refractivity contribution in [3.63, 3.8) is 0 Å². The average Bonchev–Trinajstić information content (AvgIpc) is 3.04. The van der Waals surface area contributed by atoms with E-state index in [4.69, 9.17) is 0 Å². The largest absolute Gasteiger partial charge is 0.361 e. The van der Waals surface area contributed by atoms with Crippen LogP contribution in [0.25, 0.3) is 10.9 Å². The molecule has 1 aliphatic carbocycles. The summed E-state index contributed by atoms with van der Waals surface area (Å²) in [6.07, 6.45) is 10.6. The second-order valence-corrected chi connectivity index (χ2v) is 7.51. The Balaban J connectivity index is 1.83. The quantitative estimate of drug-likeness (QED) is 0.747. The van der Waals surface area contributed by atoms with E-state index < -0.39 is 0 Å². The van der Waals surface area contributed by atoms with Crippen molar-refractivity contribution in [1.82, 2.24) is 4.98 Å². The number of fused-ring (bicyclic) bond motifs is 1. The second-order valence-electron chi connectivity index (χ2n) is 7.51. The molecule has 0 aliphatic heterocycles. The van der Waals surface area contributed by atoms with Crippen molar-refractivity contribution in [1.29, 1.82) is 0 Å². The first-order chi connectivity index (χ1) is 9.54. The number of benzene rings is 1. The predicted molar refractivity (Wildman–Crippen MR) is 87.3 cm³/mol. The minimum absolute atomic E-state index is 0.230. The Morgan fingerprint density at radius 2 is 1.90 bits per heavy atom. The summed E-state index contributed by atoms with van der Waals surface area (Å²) in [5.41, 5.74) is 4.47. The molecule has 1 N–H and O–H groups in total. The zero-order valence-electron chi connectivity index (χ0n) is 13.1. The maximum atomic E-state index is 3.44. The zero-order chi connectivity index (χ0) is 14.2. The van der Waals surface area contributed by atoms with E-state index in [9.17, 15) is 0 Å². The van der Waals surface area contributed by atoms with Crippen LogP contribution in [-0.2, 0) is 11.8 Å². The summed E-state index contributed by atoms with van der Waals surface area (Å²) in [4.78, 5) is 3.44. The summed E-state index contributed by atoms with van der Waals surface area (Å²) >= 11 is 0. The number of hydrogen-bond acceptors (Lipinski definition) is 0. The van der Waals surface area contributed by atoms with Gasteiger partial charge in [-0.3, -0.25) is 0 Å². The van der Waals surface area contributed by atoms with Crippen LogP contribution in [0.15, 0.2) is 24.4 Å². The summed E-state index contributed by atoms with van der Waals surface area (Å²) in [5, 5.41) is 1.44. The Labute approximate surface area is 122 Å². The third-order valence-corrected chi connectivity index (χ3v) is 4.93. The highest BCUT2D eigenvalue weighted by Gasteiger charge is 2.17. The van der Waals surface area contributed by atoms with E-state index >= 15 is 0 Å². The fourth-order valence-electron chi connectivity index (χ4n) is 3.51. The van der Waals surface area contributed by atoms with Gasteiger partial charge in [0.15, 0.2) is 0 Å². The van der Waals surface area contributed by atoms with E-state index in [-0.39, 0.29) is 5.41 Å². The van der Waals surface area contributed by atoms with Gasteiger partial charge in [0.2, 0.25) is 0 Å². The summed E-state index contributed by atoms with van der Waals surface area (Å²) in [7, 11) is 0. The van der Waals surface area contributed by atoms with Gasteiger partial charge in [0.1, 0.15) is 0 Å². The molecule has 20 heavy (non-hydrogen) atoms. The molecule has 0 atom stereocenters. The Hall–Kier alpha value is -1.24. The van der Waals surface area contributed by atoms with E-state index in [0.717, 1.165) is 5.92 Å². The number of aromatic amines is 1. The van der Waals surface area contributed by atoms with Crippen LogP contribution < -0.4 is 0 Å². The SMILES string of the molecule is CC(C)(C)c1ccc2[nH]cc(CCC3CCCC3)c2c1. The summed E-state index contributed by atoms with van der Waals surface area (Å²) in [6, 6.07) is 6.91. The highest BCUT2D eigenvalue weighted by atomic mass is 14.7. The molecule has 2 aromatic rings. The van der Waals surface area contributed by atoms with Gasteiger partial charge in [-0.1, -0.05) is 52.5 Å². The van der Waals surface area contributed by atoms with E-state index in [1.807, 2.05) is 0 Å². The average molecular weight is 269 g/mol. The van der Waals surface area contributed by atoms with Gasteiger partial charge in [-0.05, 0) is 47.4 Å². The molecule has 1 heterocycles. The molecule has 0 spiro atoms. The Morgan fingerprint density at radius 3 is 2.60 bits per heavy atom. The molecule has 3 rings (SSSR count). The molecular formula is C19H27N. The fourth-order valence-corrected chi connectivity index (χ4v) is 3.51. The van der Waals surface area contributed by atoms with Gasteiger partial charge >= 0.3 is 0 Å². The maximum Gasteiger partial charge on any atom is 0.0456 e. The van der Waals surface area contributed by atoms with Crippen molar-refractivity contribution < 1.29 is 0 Å². The smallest absolute Gasteiger partial charge is 0.0456 e. The number of H-pyrrole nitrogens is 1. The molecule has 0 saturated heterocycles. The predicted octanol–water partition coefficient (Wildman–Crippen LogP) is 5.59. The number of aromatic nitrogens is 1. The van der Waals surface area contributed by atoms with Crippen LogP contribution in [0, 0.1) is 5.92 Å². The van der Waals surface area contributed by atoms with Crippen LogP contribution in [0.3, 0.4) is 0 Å². The van der Waals surface area contributed by atoms with E-state index in [2.05, 4.69) is 50.2 Å². The molecule has 1 aliphatic rings. The topological polar surface area (TPSA) is 15.8 Å². The molecule has 1 heteroatoms. The minimum Gasteiger partial charge on any atom is -0.361 e. The van der Waals surface area contributed by atoms with Crippen molar-refractivity contribution in [2.45, 2.75) is 64.7 Å². The van der Waals surface area contributed by atoms with E-state index in [1.54, 1.807) is 0 Å². The molecule has 1 saturated carbocycles. The number of nitrogens with one attached hydrogen (secondary N) is 1.